The number of methoxy groups -OCH3 is 1. The molecule has 18 heavy (non-hydrogen) atoms. The number of esters is 1. The number of aromatic nitrogens is 2. The zero-order valence-corrected chi connectivity index (χ0v) is 9.84. The van der Waals surface area contributed by atoms with E-state index < -0.39 is 5.97 Å². The van der Waals surface area contributed by atoms with Gasteiger partial charge in [0, 0.05) is 0 Å². The highest BCUT2D eigenvalue weighted by Gasteiger charge is 2.24. The Morgan fingerprint density at radius 3 is 3.17 bits per heavy atom. The van der Waals surface area contributed by atoms with Gasteiger partial charge in [0.25, 0.3) is 0 Å². The van der Waals surface area contributed by atoms with Crippen LogP contribution in [0.1, 0.15) is 16.2 Å². The van der Waals surface area contributed by atoms with E-state index in [1.165, 1.54) is 7.11 Å². The molecule has 0 radical (unpaired) electrons. The van der Waals surface area contributed by atoms with Crippen LogP contribution in [0, 0.1) is 0 Å². The number of aliphatic hydroxyl groups is 1. The lowest BCUT2D eigenvalue weighted by molar-refractivity contribution is 0.0595. The Morgan fingerprint density at radius 2 is 2.44 bits per heavy atom. The largest absolute Gasteiger partial charge is 0.489 e. The van der Waals surface area contributed by atoms with E-state index in [-0.39, 0.29) is 6.61 Å². The molecule has 1 aromatic carbocycles. The third-order valence-corrected chi connectivity index (χ3v) is 3.05. The highest BCUT2D eigenvalue weighted by atomic mass is 16.5. The van der Waals surface area contributed by atoms with Gasteiger partial charge in [-0.2, -0.15) is 0 Å². The minimum absolute atomic E-state index is 0.137. The van der Waals surface area contributed by atoms with Crippen LogP contribution in [0.4, 0.5) is 0 Å². The number of hydrogen-bond acceptors (Lipinski definition) is 5. The second-order valence-corrected chi connectivity index (χ2v) is 3.99. The number of aliphatic hydroxyl groups excluding tert-OH is 1. The van der Waals surface area contributed by atoms with E-state index in [1.54, 1.807) is 12.1 Å². The fourth-order valence-electron chi connectivity index (χ4n) is 2.26. The topological polar surface area (TPSA) is 73.6 Å². The molecule has 0 fully saturated rings. The summed E-state index contributed by atoms with van der Waals surface area (Å²) in [6.45, 7) is 0.922. The summed E-state index contributed by atoms with van der Waals surface area (Å²) in [4.78, 5) is 16.0. The number of imidazole rings is 1. The zero-order valence-electron chi connectivity index (χ0n) is 9.84. The molecular weight excluding hydrogens is 236 g/mol. The van der Waals surface area contributed by atoms with E-state index >= 15 is 0 Å². The lowest BCUT2D eigenvalue weighted by Gasteiger charge is -2.19. The molecule has 2 heterocycles. The molecule has 1 aromatic heterocycles. The zero-order chi connectivity index (χ0) is 12.7. The second-order valence-electron chi connectivity index (χ2n) is 3.99. The van der Waals surface area contributed by atoms with Crippen molar-refractivity contribution in [3.8, 4) is 5.75 Å². The van der Waals surface area contributed by atoms with Gasteiger partial charge in [0.05, 0.1) is 19.2 Å². The Bertz CT molecular complexity index is 633. The number of nitrogens with zero attached hydrogens (tertiary/aromatic N) is 2. The Labute approximate surface area is 103 Å². The number of carbonyl (C=O) groups excluding carboxylic acids is 1. The van der Waals surface area contributed by atoms with E-state index in [4.69, 9.17) is 9.47 Å². The van der Waals surface area contributed by atoms with Gasteiger partial charge < -0.3 is 19.1 Å². The predicted molar refractivity (Wildman–Crippen MR) is 62.5 cm³/mol. The molecule has 0 saturated heterocycles. The van der Waals surface area contributed by atoms with E-state index in [1.807, 2.05) is 4.57 Å². The summed E-state index contributed by atoms with van der Waals surface area (Å²) in [5, 5.41) is 9.27. The van der Waals surface area contributed by atoms with Gasteiger partial charge in [0.1, 0.15) is 30.1 Å². The molecule has 94 valence electrons. The minimum Gasteiger partial charge on any atom is -0.489 e. The van der Waals surface area contributed by atoms with Crippen LogP contribution in [0.15, 0.2) is 12.1 Å². The highest BCUT2D eigenvalue weighted by Crippen LogP contribution is 2.33. The maximum atomic E-state index is 11.7. The van der Waals surface area contributed by atoms with Crippen molar-refractivity contribution >= 4 is 17.0 Å². The first-order chi connectivity index (χ1) is 8.76. The van der Waals surface area contributed by atoms with Gasteiger partial charge in [-0.1, -0.05) is 0 Å². The highest BCUT2D eigenvalue weighted by molar-refractivity contribution is 5.99. The SMILES string of the molecule is COC(=O)c1ccc2nc(CO)n3c2c1OCC3. The van der Waals surface area contributed by atoms with Crippen molar-refractivity contribution in [2.24, 2.45) is 0 Å². The Morgan fingerprint density at radius 1 is 1.61 bits per heavy atom. The summed E-state index contributed by atoms with van der Waals surface area (Å²) < 4.78 is 12.2. The number of benzene rings is 1. The van der Waals surface area contributed by atoms with Crippen molar-refractivity contribution in [1.29, 1.82) is 0 Å². The lowest BCUT2D eigenvalue weighted by Crippen LogP contribution is -2.18. The number of carbonyl (C=O) groups is 1. The fraction of sp³-hybridized carbons (Fsp3) is 0.333. The summed E-state index contributed by atoms with van der Waals surface area (Å²) >= 11 is 0. The van der Waals surface area contributed by atoms with Crippen LogP contribution in [0.2, 0.25) is 0 Å². The van der Waals surface area contributed by atoms with E-state index in [0.29, 0.717) is 35.8 Å². The molecule has 2 aromatic rings. The van der Waals surface area contributed by atoms with Crippen molar-refractivity contribution in [2.75, 3.05) is 13.7 Å². The summed E-state index contributed by atoms with van der Waals surface area (Å²) in [5.74, 6) is 0.626. The first-order valence-corrected chi connectivity index (χ1v) is 5.60. The molecule has 6 nitrogen and oxygen atoms in total. The predicted octanol–water partition coefficient (Wildman–Crippen LogP) is 0.708. The number of hydrogen-bond donors (Lipinski definition) is 1. The van der Waals surface area contributed by atoms with Gasteiger partial charge in [-0.3, -0.25) is 0 Å². The summed E-state index contributed by atoms with van der Waals surface area (Å²) in [5.41, 5.74) is 1.84. The molecule has 0 bridgehead atoms. The Hall–Kier alpha value is -2.08. The third-order valence-electron chi connectivity index (χ3n) is 3.05. The van der Waals surface area contributed by atoms with Crippen molar-refractivity contribution in [3.63, 3.8) is 0 Å². The van der Waals surface area contributed by atoms with Crippen LogP contribution in [0.25, 0.3) is 11.0 Å². The van der Waals surface area contributed by atoms with E-state index in [9.17, 15) is 9.90 Å². The molecule has 1 N–H and O–H groups in total. The minimum atomic E-state index is -0.438. The first-order valence-electron chi connectivity index (χ1n) is 5.60. The second kappa shape index (κ2) is 3.99. The molecule has 0 spiro atoms. The quantitative estimate of drug-likeness (QED) is 0.792. The normalized spacial score (nSPS) is 13.4. The maximum Gasteiger partial charge on any atom is 0.341 e. The molecule has 1 aliphatic heterocycles. The first kappa shape index (κ1) is 11.0. The van der Waals surface area contributed by atoms with Crippen LogP contribution in [-0.2, 0) is 17.9 Å². The Balaban J connectivity index is 2.32. The van der Waals surface area contributed by atoms with Crippen LogP contribution < -0.4 is 4.74 Å². The molecule has 0 atom stereocenters. The molecule has 0 unspecified atom stereocenters. The van der Waals surface area contributed by atoms with Gasteiger partial charge in [0.15, 0.2) is 5.75 Å². The van der Waals surface area contributed by atoms with Crippen LogP contribution in [0.5, 0.6) is 5.75 Å². The van der Waals surface area contributed by atoms with Gasteiger partial charge in [-0.25, -0.2) is 9.78 Å². The summed E-state index contributed by atoms with van der Waals surface area (Å²) in [6.07, 6.45) is 0. The van der Waals surface area contributed by atoms with Crippen molar-refractivity contribution in [2.45, 2.75) is 13.2 Å². The van der Waals surface area contributed by atoms with Gasteiger partial charge in [-0.05, 0) is 12.1 Å². The standard InChI is InChI=1S/C12H12N2O4/c1-17-12(16)7-2-3-8-10-11(7)18-5-4-14(10)9(6-15)13-8/h2-3,15H,4-6H2,1H3. The average Bonchev–Trinajstić information content (AvgIpc) is 2.79. The Kier molecular flexibility index (Phi) is 2.45. The lowest BCUT2D eigenvalue weighted by atomic mass is 10.1. The molecule has 3 rings (SSSR count). The van der Waals surface area contributed by atoms with E-state index in [0.717, 1.165) is 5.52 Å². The van der Waals surface area contributed by atoms with Crippen molar-refractivity contribution in [1.82, 2.24) is 9.55 Å². The molecule has 0 amide bonds. The summed E-state index contributed by atoms with van der Waals surface area (Å²) in [6, 6.07) is 3.36. The fourth-order valence-corrected chi connectivity index (χ4v) is 2.26. The maximum absolute atomic E-state index is 11.7. The monoisotopic (exact) mass is 248 g/mol. The number of ether oxygens (including phenoxy) is 2. The van der Waals surface area contributed by atoms with Crippen LogP contribution in [-0.4, -0.2) is 34.3 Å². The van der Waals surface area contributed by atoms with Crippen LogP contribution >= 0.6 is 0 Å². The summed E-state index contributed by atoms with van der Waals surface area (Å²) in [7, 11) is 1.33. The molecule has 6 heteroatoms. The van der Waals surface area contributed by atoms with Gasteiger partial charge in [-0.15, -0.1) is 0 Å². The number of rotatable bonds is 2. The van der Waals surface area contributed by atoms with Gasteiger partial charge in [0.2, 0.25) is 0 Å². The molecule has 0 aliphatic carbocycles. The van der Waals surface area contributed by atoms with Gasteiger partial charge >= 0.3 is 5.97 Å². The smallest absolute Gasteiger partial charge is 0.341 e. The van der Waals surface area contributed by atoms with Crippen molar-refractivity contribution < 1.29 is 19.4 Å². The molecule has 1 aliphatic rings. The average molecular weight is 248 g/mol. The molecule has 0 saturated carbocycles. The van der Waals surface area contributed by atoms with Crippen LogP contribution in [0.3, 0.4) is 0 Å². The van der Waals surface area contributed by atoms with E-state index in [2.05, 4.69) is 4.98 Å². The molecular formula is C12H12N2O4. The third kappa shape index (κ3) is 1.39. The van der Waals surface area contributed by atoms with Crippen molar-refractivity contribution in [3.05, 3.63) is 23.5 Å².